The molecule has 0 spiro atoms. The third-order valence-corrected chi connectivity index (χ3v) is 3.28. The third-order valence-electron chi connectivity index (χ3n) is 3.28. The van der Waals surface area contributed by atoms with Gasteiger partial charge in [0.1, 0.15) is 5.75 Å². The molecule has 1 aromatic rings. The van der Waals surface area contributed by atoms with E-state index in [-0.39, 0.29) is 6.10 Å². The summed E-state index contributed by atoms with van der Waals surface area (Å²) >= 11 is 0. The number of benzene rings is 1. The monoisotopic (exact) mass is 294 g/mol. The summed E-state index contributed by atoms with van der Waals surface area (Å²) in [6, 6.07) is 8.72. The van der Waals surface area contributed by atoms with Crippen LogP contribution in [0.5, 0.6) is 5.75 Å². The molecule has 21 heavy (non-hydrogen) atoms. The highest BCUT2D eigenvalue weighted by atomic mass is 16.5. The molecule has 0 aliphatic rings. The smallest absolute Gasteiger partial charge is 0.119 e. The standard InChI is InChI=1S/C17H30N2O2/c1-6-18-17(13-19(4)11-12-20-5)15-7-9-16(10-8-15)21-14(2)3/h7-10,14,17-18H,6,11-13H2,1-5H3. The first-order valence-corrected chi connectivity index (χ1v) is 7.74. The minimum atomic E-state index is 0.209. The van der Waals surface area contributed by atoms with E-state index in [2.05, 4.69) is 48.5 Å². The Kier molecular flexibility index (Phi) is 8.35. The van der Waals surface area contributed by atoms with Gasteiger partial charge in [-0.05, 0) is 45.1 Å². The first-order valence-electron chi connectivity index (χ1n) is 7.74. The summed E-state index contributed by atoms with van der Waals surface area (Å²) in [5, 5.41) is 3.54. The maximum Gasteiger partial charge on any atom is 0.119 e. The second-order valence-electron chi connectivity index (χ2n) is 5.60. The molecule has 4 nitrogen and oxygen atoms in total. The normalized spacial score (nSPS) is 12.9. The summed E-state index contributed by atoms with van der Waals surface area (Å²) < 4.78 is 10.8. The second kappa shape index (κ2) is 9.77. The predicted molar refractivity (Wildman–Crippen MR) is 88.0 cm³/mol. The van der Waals surface area contributed by atoms with Gasteiger partial charge in [0, 0.05) is 26.2 Å². The van der Waals surface area contributed by atoms with Crippen LogP contribution < -0.4 is 10.1 Å². The molecule has 0 aliphatic heterocycles. The molecule has 1 aromatic carbocycles. The maximum absolute atomic E-state index is 5.70. The first kappa shape index (κ1) is 18.0. The molecule has 0 amide bonds. The van der Waals surface area contributed by atoms with Crippen molar-refractivity contribution < 1.29 is 9.47 Å². The van der Waals surface area contributed by atoms with Gasteiger partial charge in [-0.2, -0.15) is 0 Å². The number of ether oxygens (including phenoxy) is 2. The average Bonchev–Trinajstić information content (AvgIpc) is 2.45. The van der Waals surface area contributed by atoms with E-state index in [1.807, 2.05) is 13.8 Å². The Hall–Kier alpha value is -1.10. The van der Waals surface area contributed by atoms with E-state index in [1.165, 1.54) is 5.56 Å². The van der Waals surface area contributed by atoms with Crippen molar-refractivity contribution >= 4 is 0 Å². The van der Waals surface area contributed by atoms with Gasteiger partial charge in [0.15, 0.2) is 0 Å². The molecule has 1 N–H and O–H groups in total. The topological polar surface area (TPSA) is 33.7 Å². The summed E-state index contributed by atoms with van der Waals surface area (Å²) in [6.07, 6.45) is 0.209. The number of rotatable bonds is 10. The highest BCUT2D eigenvalue weighted by Gasteiger charge is 2.13. The quantitative estimate of drug-likeness (QED) is 0.719. The van der Waals surface area contributed by atoms with Crippen molar-refractivity contribution in [1.29, 1.82) is 0 Å². The second-order valence-corrected chi connectivity index (χ2v) is 5.60. The summed E-state index contributed by atoms with van der Waals surface area (Å²) in [4.78, 5) is 2.29. The van der Waals surface area contributed by atoms with E-state index in [0.717, 1.165) is 32.0 Å². The molecule has 0 saturated heterocycles. The van der Waals surface area contributed by atoms with Crippen LogP contribution in [0.4, 0.5) is 0 Å². The van der Waals surface area contributed by atoms with Gasteiger partial charge in [0.05, 0.1) is 12.7 Å². The molecule has 0 saturated carbocycles. The summed E-state index contributed by atoms with van der Waals surface area (Å²) in [5.74, 6) is 0.928. The summed E-state index contributed by atoms with van der Waals surface area (Å²) in [5.41, 5.74) is 1.29. The van der Waals surface area contributed by atoms with Crippen molar-refractivity contribution in [2.45, 2.75) is 32.9 Å². The SMILES string of the molecule is CCNC(CN(C)CCOC)c1ccc(OC(C)C)cc1. The van der Waals surface area contributed by atoms with Crippen molar-refractivity contribution in [2.75, 3.05) is 40.4 Å². The lowest BCUT2D eigenvalue weighted by molar-refractivity contribution is 0.155. The molecule has 1 rings (SSSR count). The van der Waals surface area contributed by atoms with Crippen LogP contribution in [0.15, 0.2) is 24.3 Å². The fourth-order valence-electron chi connectivity index (χ4n) is 2.24. The molecule has 0 radical (unpaired) electrons. The minimum Gasteiger partial charge on any atom is -0.491 e. The van der Waals surface area contributed by atoms with E-state index in [4.69, 9.17) is 9.47 Å². The Morgan fingerprint density at radius 2 is 1.86 bits per heavy atom. The zero-order chi connectivity index (χ0) is 15.7. The van der Waals surface area contributed by atoms with Crippen molar-refractivity contribution in [3.63, 3.8) is 0 Å². The number of nitrogens with zero attached hydrogens (tertiary/aromatic N) is 1. The lowest BCUT2D eigenvalue weighted by atomic mass is 10.1. The molecule has 1 unspecified atom stereocenters. The van der Waals surface area contributed by atoms with Crippen molar-refractivity contribution in [1.82, 2.24) is 10.2 Å². The molecule has 120 valence electrons. The van der Waals surface area contributed by atoms with Gasteiger partial charge in [-0.15, -0.1) is 0 Å². The van der Waals surface area contributed by atoms with Crippen LogP contribution in [0.25, 0.3) is 0 Å². The van der Waals surface area contributed by atoms with Crippen LogP contribution in [0.2, 0.25) is 0 Å². The first-order chi connectivity index (χ1) is 10.1. The zero-order valence-electron chi connectivity index (χ0n) is 14.1. The highest BCUT2D eigenvalue weighted by Crippen LogP contribution is 2.19. The van der Waals surface area contributed by atoms with E-state index < -0.39 is 0 Å². The van der Waals surface area contributed by atoms with Crippen molar-refractivity contribution in [2.24, 2.45) is 0 Å². The van der Waals surface area contributed by atoms with E-state index in [9.17, 15) is 0 Å². The Bertz CT molecular complexity index is 379. The third kappa shape index (κ3) is 6.93. The van der Waals surface area contributed by atoms with Crippen LogP contribution >= 0.6 is 0 Å². The van der Waals surface area contributed by atoms with Crippen molar-refractivity contribution in [3.8, 4) is 5.75 Å². The highest BCUT2D eigenvalue weighted by molar-refractivity contribution is 5.29. The Morgan fingerprint density at radius 3 is 2.38 bits per heavy atom. The van der Waals surface area contributed by atoms with Crippen LogP contribution in [0, 0.1) is 0 Å². The molecular weight excluding hydrogens is 264 g/mol. The van der Waals surface area contributed by atoms with Crippen molar-refractivity contribution in [3.05, 3.63) is 29.8 Å². The van der Waals surface area contributed by atoms with Gasteiger partial charge in [0.2, 0.25) is 0 Å². The largest absolute Gasteiger partial charge is 0.491 e. The molecular formula is C17H30N2O2. The Morgan fingerprint density at radius 1 is 1.19 bits per heavy atom. The fraction of sp³-hybridized carbons (Fsp3) is 0.647. The van der Waals surface area contributed by atoms with E-state index in [0.29, 0.717) is 6.04 Å². The molecule has 0 bridgehead atoms. The van der Waals surface area contributed by atoms with Gasteiger partial charge in [-0.1, -0.05) is 19.1 Å². The number of hydrogen-bond donors (Lipinski definition) is 1. The van der Waals surface area contributed by atoms with Gasteiger partial charge >= 0.3 is 0 Å². The molecule has 0 fully saturated rings. The van der Waals surface area contributed by atoms with E-state index in [1.54, 1.807) is 7.11 Å². The van der Waals surface area contributed by atoms with Gasteiger partial charge in [0.25, 0.3) is 0 Å². The van der Waals surface area contributed by atoms with Crippen LogP contribution in [-0.2, 0) is 4.74 Å². The summed E-state index contributed by atoms with van der Waals surface area (Å²) in [6.45, 7) is 9.83. The lowest BCUT2D eigenvalue weighted by Crippen LogP contribution is -2.34. The maximum atomic E-state index is 5.70. The number of methoxy groups -OCH3 is 1. The van der Waals surface area contributed by atoms with Crippen LogP contribution in [0.3, 0.4) is 0 Å². The number of nitrogens with one attached hydrogen (secondary N) is 1. The molecule has 4 heteroatoms. The van der Waals surface area contributed by atoms with E-state index >= 15 is 0 Å². The average molecular weight is 294 g/mol. The lowest BCUT2D eigenvalue weighted by Gasteiger charge is -2.25. The summed E-state index contributed by atoms with van der Waals surface area (Å²) in [7, 11) is 3.86. The number of hydrogen-bond acceptors (Lipinski definition) is 4. The fourth-order valence-corrected chi connectivity index (χ4v) is 2.24. The van der Waals surface area contributed by atoms with Crippen LogP contribution in [-0.4, -0.2) is 51.4 Å². The number of likely N-dealkylation sites (N-methyl/N-ethyl adjacent to an activating group) is 2. The molecule has 1 atom stereocenters. The Balaban J connectivity index is 2.66. The van der Waals surface area contributed by atoms with Gasteiger partial charge < -0.3 is 19.7 Å². The van der Waals surface area contributed by atoms with Gasteiger partial charge in [-0.3, -0.25) is 0 Å². The zero-order valence-corrected chi connectivity index (χ0v) is 14.1. The molecule has 0 heterocycles. The predicted octanol–water partition coefficient (Wildman–Crippen LogP) is 2.70. The Labute approximate surface area is 129 Å². The molecule has 0 aliphatic carbocycles. The minimum absolute atomic E-state index is 0.209. The molecule has 0 aromatic heterocycles. The van der Waals surface area contributed by atoms with Gasteiger partial charge in [-0.25, -0.2) is 0 Å². The van der Waals surface area contributed by atoms with Crippen LogP contribution in [0.1, 0.15) is 32.4 Å².